The average Bonchev–Trinajstić information content (AvgIpc) is 2.68. The first-order valence-corrected chi connectivity index (χ1v) is 10.8. The number of aromatic nitrogens is 1. The van der Waals surface area contributed by atoms with E-state index in [-0.39, 0.29) is 10.7 Å². The van der Waals surface area contributed by atoms with Crippen molar-refractivity contribution in [2.75, 3.05) is 20.0 Å². The summed E-state index contributed by atoms with van der Waals surface area (Å²) in [5.74, 6) is 0.841. The minimum absolute atomic E-state index is 0.0370. The molecule has 0 aliphatic heterocycles. The predicted octanol–water partition coefficient (Wildman–Crippen LogP) is 3.30. The number of sulfone groups is 1. The molecule has 0 amide bonds. The number of benzene rings is 1. The molecule has 8 heteroatoms. The number of nitrogens with zero attached hydrogens (tertiary/aromatic N) is 1. The normalized spacial score (nSPS) is 12.9. The maximum atomic E-state index is 11.9. The summed E-state index contributed by atoms with van der Waals surface area (Å²) in [4.78, 5) is 16.2. The Kier molecular flexibility index (Phi) is 7.16. The van der Waals surface area contributed by atoms with Gasteiger partial charge in [-0.3, -0.25) is 4.79 Å². The number of pyridine rings is 1. The first-order chi connectivity index (χ1) is 13.6. The number of rotatable bonds is 9. The molecule has 0 unspecified atom stereocenters. The maximum absolute atomic E-state index is 11.9. The molecule has 156 valence electrons. The second kappa shape index (κ2) is 9.19. The van der Waals surface area contributed by atoms with E-state index in [0.29, 0.717) is 35.7 Å². The molecule has 0 bridgehead atoms. The molecule has 7 nitrogen and oxygen atoms in total. The molecule has 2 rings (SSSR count). The second-order valence-corrected chi connectivity index (χ2v) is 8.75. The van der Waals surface area contributed by atoms with Gasteiger partial charge < -0.3 is 14.2 Å². The molecule has 0 radical (unpaired) electrons. The van der Waals surface area contributed by atoms with Gasteiger partial charge in [0.15, 0.2) is 21.9 Å². The molecule has 1 aromatic heterocycles. The highest BCUT2D eigenvalue weighted by Crippen LogP contribution is 2.34. The van der Waals surface area contributed by atoms with Gasteiger partial charge in [-0.25, -0.2) is 13.4 Å². The quantitative estimate of drug-likeness (QED) is 0.350. The van der Waals surface area contributed by atoms with E-state index < -0.39 is 15.4 Å². The van der Waals surface area contributed by atoms with Gasteiger partial charge in [-0.15, -0.1) is 0 Å². The summed E-state index contributed by atoms with van der Waals surface area (Å²) in [6.45, 7) is 5.92. The Bertz CT molecular complexity index is 977. The summed E-state index contributed by atoms with van der Waals surface area (Å²) in [5, 5.41) is 0. The van der Waals surface area contributed by atoms with Crippen molar-refractivity contribution in [2.45, 2.75) is 31.3 Å². The van der Waals surface area contributed by atoms with Crippen LogP contribution in [-0.2, 0) is 19.4 Å². The standard InChI is InChI=1S/C21H25NO6S/c1-6-27-19-12-9-16(13-22-19)28-18(14-23)20(21(2,3)26-4)15-7-10-17(11-8-15)29(5,24)25/h7-14H,6H2,1-5H3/b20-18+. The van der Waals surface area contributed by atoms with Crippen molar-refractivity contribution in [3.05, 3.63) is 53.9 Å². The fraction of sp³-hybridized carbons (Fsp3) is 0.333. The highest BCUT2D eigenvalue weighted by molar-refractivity contribution is 7.90. The molecule has 0 aliphatic rings. The van der Waals surface area contributed by atoms with E-state index in [4.69, 9.17) is 14.2 Å². The topological polar surface area (TPSA) is 91.8 Å². The number of hydrogen-bond acceptors (Lipinski definition) is 7. The highest BCUT2D eigenvalue weighted by Gasteiger charge is 2.29. The second-order valence-electron chi connectivity index (χ2n) is 6.74. The fourth-order valence-corrected chi connectivity index (χ4v) is 3.31. The Morgan fingerprint density at radius 1 is 1.14 bits per heavy atom. The number of aldehydes is 1. The Morgan fingerprint density at radius 3 is 2.24 bits per heavy atom. The van der Waals surface area contributed by atoms with Crippen LogP contribution in [-0.4, -0.2) is 45.3 Å². The molecule has 1 aromatic carbocycles. The van der Waals surface area contributed by atoms with E-state index in [1.807, 2.05) is 6.92 Å². The van der Waals surface area contributed by atoms with Gasteiger partial charge in [0.1, 0.15) is 5.75 Å². The smallest absolute Gasteiger partial charge is 0.213 e. The summed E-state index contributed by atoms with van der Waals surface area (Å²) in [5.41, 5.74) is 0.191. The third-order valence-electron chi connectivity index (χ3n) is 4.27. The molecule has 0 saturated heterocycles. The van der Waals surface area contributed by atoms with Gasteiger partial charge in [-0.2, -0.15) is 0 Å². The van der Waals surface area contributed by atoms with Crippen LogP contribution in [0.3, 0.4) is 0 Å². The van der Waals surface area contributed by atoms with Crippen LogP contribution in [0.1, 0.15) is 26.3 Å². The molecule has 29 heavy (non-hydrogen) atoms. The van der Waals surface area contributed by atoms with Crippen molar-refractivity contribution < 1.29 is 27.4 Å². The summed E-state index contributed by atoms with van der Waals surface area (Å²) in [6, 6.07) is 9.50. The van der Waals surface area contributed by atoms with Gasteiger partial charge in [0.2, 0.25) is 5.88 Å². The van der Waals surface area contributed by atoms with Crippen LogP contribution in [0.5, 0.6) is 11.6 Å². The Balaban J connectivity index is 2.52. The van der Waals surface area contributed by atoms with Crippen molar-refractivity contribution in [3.63, 3.8) is 0 Å². The molecule has 0 fully saturated rings. The largest absolute Gasteiger partial charge is 0.478 e. The summed E-state index contributed by atoms with van der Waals surface area (Å²) in [6.07, 6.45) is 3.19. The number of carbonyl (C=O) groups is 1. The maximum Gasteiger partial charge on any atom is 0.213 e. The first-order valence-electron chi connectivity index (χ1n) is 8.94. The molecule has 0 N–H and O–H groups in total. The van der Waals surface area contributed by atoms with Crippen molar-refractivity contribution >= 4 is 21.7 Å². The minimum atomic E-state index is -3.34. The third kappa shape index (κ3) is 5.65. The number of ether oxygens (including phenoxy) is 3. The van der Waals surface area contributed by atoms with E-state index >= 15 is 0 Å². The number of hydrogen-bond donors (Lipinski definition) is 0. The van der Waals surface area contributed by atoms with Crippen LogP contribution in [0, 0.1) is 0 Å². The number of carbonyl (C=O) groups excluding carboxylic acids is 1. The zero-order chi connectivity index (χ0) is 21.7. The van der Waals surface area contributed by atoms with E-state index in [0.717, 1.165) is 6.26 Å². The Hall–Kier alpha value is -2.71. The average molecular weight is 419 g/mol. The summed E-state index contributed by atoms with van der Waals surface area (Å²) < 4.78 is 40.1. The van der Waals surface area contributed by atoms with Gasteiger partial charge in [0.05, 0.1) is 23.3 Å². The van der Waals surface area contributed by atoms with E-state index in [1.165, 1.54) is 25.4 Å². The molecular formula is C21H25NO6S. The van der Waals surface area contributed by atoms with Crippen LogP contribution < -0.4 is 9.47 Å². The molecule has 0 atom stereocenters. The SMILES string of the molecule is CCOc1ccc(O/C(C=O)=C(\c2ccc(S(C)(=O)=O)cc2)C(C)(C)OC)cn1. The zero-order valence-corrected chi connectivity index (χ0v) is 17.9. The fourth-order valence-electron chi connectivity index (χ4n) is 2.68. The highest BCUT2D eigenvalue weighted by atomic mass is 32.2. The van der Waals surface area contributed by atoms with Crippen LogP contribution >= 0.6 is 0 Å². The van der Waals surface area contributed by atoms with Crippen molar-refractivity contribution in [1.29, 1.82) is 0 Å². The Morgan fingerprint density at radius 2 is 1.79 bits per heavy atom. The third-order valence-corrected chi connectivity index (χ3v) is 5.39. The van der Waals surface area contributed by atoms with Crippen molar-refractivity contribution in [1.82, 2.24) is 4.98 Å². The molecule has 1 heterocycles. The lowest BCUT2D eigenvalue weighted by molar-refractivity contribution is -0.106. The number of allylic oxidation sites excluding steroid dienone is 1. The monoisotopic (exact) mass is 419 g/mol. The van der Waals surface area contributed by atoms with Gasteiger partial charge >= 0.3 is 0 Å². The van der Waals surface area contributed by atoms with E-state index in [9.17, 15) is 13.2 Å². The van der Waals surface area contributed by atoms with Crippen LogP contribution in [0.2, 0.25) is 0 Å². The summed E-state index contributed by atoms with van der Waals surface area (Å²) in [7, 11) is -1.82. The van der Waals surface area contributed by atoms with Gasteiger partial charge in [-0.05, 0) is 44.5 Å². The van der Waals surface area contributed by atoms with Crippen LogP contribution in [0.4, 0.5) is 0 Å². The molecule has 0 aliphatic carbocycles. The Labute approximate surface area is 171 Å². The minimum Gasteiger partial charge on any atom is -0.478 e. The first kappa shape index (κ1) is 22.6. The van der Waals surface area contributed by atoms with Crippen LogP contribution in [0.25, 0.3) is 5.57 Å². The van der Waals surface area contributed by atoms with Crippen molar-refractivity contribution in [3.8, 4) is 11.6 Å². The van der Waals surface area contributed by atoms with Gasteiger partial charge in [0, 0.05) is 25.0 Å². The molecule has 0 spiro atoms. The van der Waals surface area contributed by atoms with Gasteiger partial charge in [-0.1, -0.05) is 12.1 Å². The zero-order valence-electron chi connectivity index (χ0n) is 17.1. The predicted molar refractivity (Wildman–Crippen MR) is 110 cm³/mol. The lowest BCUT2D eigenvalue weighted by Gasteiger charge is -2.28. The van der Waals surface area contributed by atoms with Crippen molar-refractivity contribution in [2.24, 2.45) is 0 Å². The molecular weight excluding hydrogens is 394 g/mol. The lowest BCUT2D eigenvalue weighted by Crippen LogP contribution is -2.27. The lowest BCUT2D eigenvalue weighted by atomic mass is 9.90. The van der Waals surface area contributed by atoms with E-state index in [2.05, 4.69) is 4.98 Å². The molecule has 0 saturated carbocycles. The van der Waals surface area contributed by atoms with Crippen LogP contribution in [0.15, 0.2) is 53.2 Å². The summed E-state index contributed by atoms with van der Waals surface area (Å²) >= 11 is 0. The van der Waals surface area contributed by atoms with E-state index in [1.54, 1.807) is 38.1 Å². The molecule has 2 aromatic rings. The van der Waals surface area contributed by atoms with Gasteiger partial charge in [0.25, 0.3) is 0 Å². The number of methoxy groups -OCH3 is 1.